The fourth-order valence-electron chi connectivity index (χ4n) is 4.05. The van der Waals surface area contributed by atoms with Crippen molar-refractivity contribution in [3.8, 4) is 5.75 Å². The quantitative estimate of drug-likeness (QED) is 0.844. The van der Waals surface area contributed by atoms with Gasteiger partial charge in [-0.3, -0.25) is 9.59 Å². The van der Waals surface area contributed by atoms with Crippen LogP contribution >= 0.6 is 11.6 Å². The molecule has 0 spiro atoms. The van der Waals surface area contributed by atoms with E-state index in [2.05, 4.69) is 17.1 Å². The maximum absolute atomic E-state index is 12.8. The molecule has 0 bridgehead atoms. The number of carbonyl (C=O) groups excluding carboxylic acids is 2. The highest BCUT2D eigenvalue weighted by Gasteiger charge is 2.39. The van der Waals surface area contributed by atoms with Crippen molar-refractivity contribution in [1.82, 2.24) is 4.90 Å². The summed E-state index contributed by atoms with van der Waals surface area (Å²) in [5.41, 5.74) is 2.57. The molecule has 2 amide bonds. The number of ether oxygens (including phenoxy) is 1. The number of methoxy groups -OCH3 is 1. The second kappa shape index (κ2) is 7.36. The Morgan fingerprint density at radius 3 is 2.82 bits per heavy atom. The molecule has 28 heavy (non-hydrogen) atoms. The lowest BCUT2D eigenvalue weighted by Crippen LogP contribution is -2.52. The van der Waals surface area contributed by atoms with Crippen molar-refractivity contribution < 1.29 is 14.3 Å². The molecule has 0 aromatic heterocycles. The Kier molecular flexibility index (Phi) is 4.89. The molecule has 2 aliphatic heterocycles. The summed E-state index contributed by atoms with van der Waals surface area (Å²) in [4.78, 5) is 29.7. The smallest absolute Gasteiger partial charge is 0.257 e. The Morgan fingerprint density at radius 2 is 2.11 bits per heavy atom. The van der Waals surface area contributed by atoms with Crippen LogP contribution in [0.4, 0.5) is 11.4 Å². The standard InChI is InChI=1S/C21H22ClN3O3/c1-3-24-17-11-13(6-8-15(17)21(27)25-10-4-5-19(24)25)20(26)23-14-7-9-18(28-2)16(22)12-14/h6-9,11-12,19H,3-5,10H2,1-2H3,(H,23,26). The van der Waals surface area contributed by atoms with Crippen LogP contribution in [0.3, 0.4) is 0 Å². The Hall–Kier alpha value is -2.73. The molecule has 1 fully saturated rings. The third-order valence-corrected chi connectivity index (χ3v) is 5.69. The zero-order valence-corrected chi connectivity index (χ0v) is 16.6. The van der Waals surface area contributed by atoms with E-state index in [9.17, 15) is 9.59 Å². The average molecular weight is 400 g/mol. The SMILES string of the molecule is CCN1c2cc(C(=O)Nc3ccc(OC)c(Cl)c3)ccc2C(=O)N2CCCC21. The van der Waals surface area contributed by atoms with E-state index in [0.29, 0.717) is 27.6 Å². The predicted molar refractivity (Wildman–Crippen MR) is 109 cm³/mol. The molecular weight excluding hydrogens is 378 g/mol. The van der Waals surface area contributed by atoms with Crippen LogP contribution in [-0.2, 0) is 0 Å². The van der Waals surface area contributed by atoms with E-state index >= 15 is 0 Å². The van der Waals surface area contributed by atoms with Gasteiger partial charge in [-0.05, 0) is 56.2 Å². The zero-order valence-electron chi connectivity index (χ0n) is 15.9. The van der Waals surface area contributed by atoms with Crippen molar-refractivity contribution >= 4 is 34.8 Å². The molecule has 2 heterocycles. The molecule has 1 N–H and O–H groups in total. The van der Waals surface area contributed by atoms with Gasteiger partial charge in [0, 0.05) is 24.3 Å². The Labute approximate surface area is 169 Å². The number of carbonyl (C=O) groups is 2. The van der Waals surface area contributed by atoms with Crippen molar-refractivity contribution in [1.29, 1.82) is 0 Å². The first-order chi connectivity index (χ1) is 13.5. The second-order valence-corrected chi connectivity index (χ2v) is 7.35. The van der Waals surface area contributed by atoms with Gasteiger partial charge in [0.1, 0.15) is 11.9 Å². The fraction of sp³-hybridized carbons (Fsp3) is 0.333. The summed E-state index contributed by atoms with van der Waals surface area (Å²) in [6, 6.07) is 10.4. The van der Waals surface area contributed by atoms with Gasteiger partial charge in [0.25, 0.3) is 11.8 Å². The van der Waals surface area contributed by atoms with E-state index in [1.54, 1.807) is 37.4 Å². The van der Waals surface area contributed by atoms with Gasteiger partial charge in [-0.25, -0.2) is 0 Å². The van der Waals surface area contributed by atoms with Crippen molar-refractivity contribution in [2.24, 2.45) is 0 Å². The van der Waals surface area contributed by atoms with Gasteiger partial charge in [0.2, 0.25) is 0 Å². The first kappa shape index (κ1) is 18.6. The molecule has 2 aromatic rings. The van der Waals surface area contributed by atoms with E-state index in [-0.39, 0.29) is 18.0 Å². The number of anilines is 2. The minimum absolute atomic E-state index is 0.0519. The van der Waals surface area contributed by atoms with Crippen LogP contribution < -0.4 is 15.0 Å². The predicted octanol–water partition coefficient (Wildman–Crippen LogP) is 4.00. The maximum atomic E-state index is 12.8. The Bertz CT molecular complexity index is 946. The summed E-state index contributed by atoms with van der Waals surface area (Å²) in [7, 11) is 1.54. The minimum atomic E-state index is -0.249. The minimum Gasteiger partial charge on any atom is -0.495 e. The fourth-order valence-corrected chi connectivity index (χ4v) is 4.30. The third kappa shape index (κ3) is 3.07. The first-order valence-electron chi connectivity index (χ1n) is 9.40. The number of nitrogens with zero attached hydrogens (tertiary/aromatic N) is 2. The van der Waals surface area contributed by atoms with Crippen LogP contribution in [0.1, 0.15) is 40.5 Å². The molecule has 2 aromatic carbocycles. The molecule has 0 radical (unpaired) electrons. The highest BCUT2D eigenvalue weighted by Crippen LogP contribution is 2.36. The normalized spacial score (nSPS) is 18.0. The van der Waals surface area contributed by atoms with Gasteiger partial charge in [0.05, 0.1) is 23.4 Å². The van der Waals surface area contributed by atoms with Crippen LogP contribution in [0, 0.1) is 0 Å². The van der Waals surface area contributed by atoms with E-state index in [0.717, 1.165) is 31.6 Å². The number of benzene rings is 2. The zero-order chi connectivity index (χ0) is 19.8. The molecule has 7 heteroatoms. The van der Waals surface area contributed by atoms with Gasteiger partial charge in [-0.15, -0.1) is 0 Å². The molecule has 6 nitrogen and oxygen atoms in total. The van der Waals surface area contributed by atoms with Crippen molar-refractivity contribution in [3.63, 3.8) is 0 Å². The van der Waals surface area contributed by atoms with Crippen LogP contribution in [0.15, 0.2) is 36.4 Å². The van der Waals surface area contributed by atoms with Gasteiger partial charge in [-0.2, -0.15) is 0 Å². The summed E-state index contributed by atoms with van der Waals surface area (Å²) in [6.07, 6.45) is 2.05. The van der Waals surface area contributed by atoms with E-state index in [4.69, 9.17) is 16.3 Å². The molecule has 1 atom stereocenters. The van der Waals surface area contributed by atoms with Gasteiger partial charge >= 0.3 is 0 Å². The highest BCUT2D eigenvalue weighted by molar-refractivity contribution is 6.32. The summed E-state index contributed by atoms with van der Waals surface area (Å²) in [6.45, 7) is 3.64. The molecule has 4 rings (SSSR count). The topological polar surface area (TPSA) is 61.9 Å². The van der Waals surface area contributed by atoms with Crippen LogP contribution in [0.25, 0.3) is 0 Å². The number of hydrogen-bond acceptors (Lipinski definition) is 4. The number of hydrogen-bond donors (Lipinski definition) is 1. The monoisotopic (exact) mass is 399 g/mol. The number of amides is 2. The lowest BCUT2D eigenvalue weighted by molar-refractivity contribution is 0.0715. The lowest BCUT2D eigenvalue weighted by Gasteiger charge is -2.41. The Morgan fingerprint density at radius 1 is 1.29 bits per heavy atom. The highest BCUT2D eigenvalue weighted by atomic mass is 35.5. The van der Waals surface area contributed by atoms with Gasteiger partial charge < -0.3 is 19.9 Å². The van der Waals surface area contributed by atoms with Crippen LogP contribution in [-0.4, -0.2) is 43.1 Å². The number of fused-ring (bicyclic) bond motifs is 2. The molecule has 2 aliphatic rings. The molecule has 1 unspecified atom stereocenters. The van der Waals surface area contributed by atoms with Crippen molar-refractivity contribution in [3.05, 3.63) is 52.5 Å². The second-order valence-electron chi connectivity index (χ2n) is 6.94. The third-order valence-electron chi connectivity index (χ3n) is 5.39. The molecule has 146 valence electrons. The average Bonchev–Trinajstić information content (AvgIpc) is 3.18. The molecule has 1 saturated heterocycles. The summed E-state index contributed by atoms with van der Waals surface area (Å²) in [5.74, 6) is 0.351. The van der Waals surface area contributed by atoms with Gasteiger partial charge in [0.15, 0.2) is 0 Å². The van der Waals surface area contributed by atoms with Crippen molar-refractivity contribution in [2.45, 2.75) is 25.9 Å². The number of rotatable bonds is 4. The van der Waals surface area contributed by atoms with E-state index in [1.165, 1.54) is 0 Å². The summed E-state index contributed by atoms with van der Waals surface area (Å²) < 4.78 is 5.13. The largest absolute Gasteiger partial charge is 0.495 e. The molecule has 0 aliphatic carbocycles. The number of nitrogens with one attached hydrogen (secondary N) is 1. The maximum Gasteiger partial charge on any atom is 0.257 e. The lowest BCUT2D eigenvalue weighted by atomic mass is 10.0. The summed E-state index contributed by atoms with van der Waals surface area (Å²) >= 11 is 6.13. The van der Waals surface area contributed by atoms with E-state index in [1.807, 2.05) is 11.0 Å². The van der Waals surface area contributed by atoms with Crippen molar-refractivity contribution in [2.75, 3.05) is 30.4 Å². The van der Waals surface area contributed by atoms with E-state index < -0.39 is 0 Å². The van der Waals surface area contributed by atoms with Crippen LogP contribution in [0.2, 0.25) is 5.02 Å². The number of halogens is 1. The summed E-state index contributed by atoms with van der Waals surface area (Å²) in [5, 5.41) is 3.28. The molecular formula is C21H22ClN3O3. The first-order valence-corrected chi connectivity index (χ1v) is 9.78. The Balaban J connectivity index is 1.62. The van der Waals surface area contributed by atoms with Gasteiger partial charge in [-0.1, -0.05) is 11.6 Å². The van der Waals surface area contributed by atoms with Crippen LogP contribution in [0.5, 0.6) is 5.75 Å². The molecule has 0 saturated carbocycles.